The van der Waals surface area contributed by atoms with Crippen LogP contribution in [-0.4, -0.2) is 24.7 Å². The highest BCUT2D eigenvalue weighted by molar-refractivity contribution is 7.93. The van der Waals surface area contributed by atoms with Crippen molar-refractivity contribution in [2.45, 2.75) is 31.7 Å². The van der Waals surface area contributed by atoms with Gasteiger partial charge in [0.05, 0.1) is 5.69 Å². The van der Waals surface area contributed by atoms with Crippen molar-refractivity contribution in [1.29, 1.82) is 0 Å². The first-order valence-electron chi connectivity index (χ1n) is 8.67. The molecular formula is C20H23N3O2S. The zero-order chi connectivity index (χ0) is 18.7. The molecule has 3 aromatic rings. The fourth-order valence-corrected chi connectivity index (χ4v) is 4.45. The van der Waals surface area contributed by atoms with E-state index in [0.29, 0.717) is 17.9 Å². The molecule has 0 amide bonds. The van der Waals surface area contributed by atoms with Gasteiger partial charge in [0.25, 0.3) is 10.0 Å². The van der Waals surface area contributed by atoms with Gasteiger partial charge in [0.15, 0.2) is 0 Å². The molecule has 0 saturated carbocycles. The monoisotopic (exact) mass is 369 g/mol. The number of hydrogen-bond donors (Lipinski definition) is 0. The van der Waals surface area contributed by atoms with E-state index in [0.717, 1.165) is 5.56 Å². The summed E-state index contributed by atoms with van der Waals surface area (Å²) in [4.78, 5) is 0.225. The third-order valence-electron chi connectivity index (χ3n) is 4.17. The second kappa shape index (κ2) is 7.33. The minimum atomic E-state index is -3.75. The molecule has 0 bridgehead atoms. The zero-order valence-electron chi connectivity index (χ0n) is 15.2. The summed E-state index contributed by atoms with van der Waals surface area (Å²) in [5, 5.41) is 4.57. The lowest BCUT2D eigenvalue weighted by atomic mass is 10.2. The van der Waals surface area contributed by atoms with E-state index in [-0.39, 0.29) is 10.9 Å². The predicted molar refractivity (Wildman–Crippen MR) is 105 cm³/mol. The Labute approximate surface area is 154 Å². The van der Waals surface area contributed by atoms with Crippen molar-refractivity contribution >= 4 is 15.7 Å². The van der Waals surface area contributed by atoms with Crippen molar-refractivity contribution in [2.24, 2.45) is 0 Å². The SMILES string of the molecule is CCN(c1ccccc1)S(=O)(=O)c1cn(C(C)C)nc1-c1ccccc1. The maximum Gasteiger partial charge on any atom is 0.268 e. The summed E-state index contributed by atoms with van der Waals surface area (Å²) < 4.78 is 30.1. The summed E-state index contributed by atoms with van der Waals surface area (Å²) in [5.74, 6) is 0. The third-order valence-corrected chi connectivity index (χ3v) is 6.08. The van der Waals surface area contributed by atoms with E-state index in [1.54, 1.807) is 23.0 Å². The van der Waals surface area contributed by atoms with Crippen LogP contribution in [0.2, 0.25) is 0 Å². The number of rotatable bonds is 6. The number of aromatic nitrogens is 2. The minimum absolute atomic E-state index is 0.0632. The smallest absolute Gasteiger partial charge is 0.268 e. The summed E-state index contributed by atoms with van der Waals surface area (Å²) in [5.41, 5.74) is 1.91. The Morgan fingerprint density at radius 3 is 2.12 bits per heavy atom. The molecule has 0 aliphatic heterocycles. The van der Waals surface area contributed by atoms with Gasteiger partial charge in [-0.2, -0.15) is 5.10 Å². The molecule has 0 fully saturated rings. The van der Waals surface area contributed by atoms with Crippen LogP contribution in [0.3, 0.4) is 0 Å². The summed E-state index contributed by atoms with van der Waals surface area (Å²) >= 11 is 0. The van der Waals surface area contributed by atoms with Crippen LogP contribution in [0.15, 0.2) is 71.8 Å². The first-order valence-corrected chi connectivity index (χ1v) is 10.1. The lowest BCUT2D eigenvalue weighted by molar-refractivity contribution is 0.532. The van der Waals surface area contributed by atoms with E-state index in [2.05, 4.69) is 5.10 Å². The molecule has 0 saturated heterocycles. The van der Waals surface area contributed by atoms with Crippen LogP contribution in [0, 0.1) is 0 Å². The van der Waals surface area contributed by atoms with E-state index in [4.69, 9.17) is 0 Å². The third kappa shape index (κ3) is 3.37. The van der Waals surface area contributed by atoms with Gasteiger partial charge in [-0.05, 0) is 32.9 Å². The van der Waals surface area contributed by atoms with Crippen LogP contribution < -0.4 is 4.31 Å². The largest absolute Gasteiger partial charge is 0.268 e. The molecule has 0 unspecified atom stereocenters. The molecule has 1 aromatic heterocycles. The molecule has 136 valence electrons. The van der Waals surface area contributed by atoms with Crippen molar-refractivity contribution < 1.29 is 8.42 Å². The molecule has 0 aliphatic carbocycles. The number of anilines is 1. The maximum absolute atomic E-state index is 13.5. The number of sulfonamides is 1. The molecule has 2 aromatic carbocycles. The van der Waals surface area contributed by atoms with Crippen LogP contribution in [0.1, 0.15) is 26.8 Å². The highest BCUT2D eigenvalue weighted by Gasteiger charge is 2.30. The quantitative estimate of drug-likeness (QED) is 0.649. The molecule has 0 atom stereocenters. The highest BCUT2D eigenvalue weighted by Crippen LogP contribution is 2.31. The van der Waals surface area contributed by atoms with Crippen molar-refractivity contribution in [3.05, 3.63) is 66.9 Å². The number of benzene rings is 2. The van der Waals surface area contributed by atoms with Gasteiger partial charge in [-0.3, -0.25) is 8.99 Å². The molecule has 6 heteroatoms. The van der Waals surface area contributed by atoms with Gasteiger partial charge in [-0.25, -0.2) is 8.42 Å². The standard InChI is InChI=1S/C20H23N3O2S/c1-4-23(18-13-9-6-10-14-18)26(24,25)19-15-22(16(2)3)21-20(19)17-11-7-5-8-12-17/h5-16H,4H2,1-3H3. The van der Waals surface area contributed by atoms with E-state index < -0.39 is 10.0 Å². The molecule has 1 heterocycles. The summed E-state index contributed by atoms with van der Waals surface area (Å²) in [7, 11) is -3.75. The topological polar surface area (TPSA) is 55.2 Å². The van der Waals surface area contributed by atoms with Crippen LogP contribution in [0.4, 0.5) is 5.69 Å². The molecule has 3 rings (SSSR count). The fourth-order valence-electron chi connectivity index (χ4n) is 2.83. The minimum Gasteiger partial charge on any atom is -0.268 e. The Bertz CT molecular complexity index is 965. The van der Waals surface area contributed by atoms with Gasteiger partial charge >= 0.3 is 0 Å². The van der Waals surface area contributed by atoms with Gasteiger partial charge in [-0.1, -0.05) is 48.5 Å². The highest BCUT2D eigenvalue weighted by atomic mass is 32.2. The number of para-hydroxylation sites is 1. The van der Waals surface area contributed by atoms with Gasteiger partial charge in [0, 0.05) is 24.3 Å². The first-order chi connectivity index (χ1) is 12.4. The average molecular weight is 369 g/mol. The van der Waals surface area contributed by atoms with Crippen molar-refractivity contribution in [2.75, 3.05) is 10.8 Å². The van der Waals surface area contributed by atoms with Gasteiger partial charge in [0.1, 0.15) is 10.6 Å². The average Bonchev–Trinajstić information content (AvgIpc) is 3.10. The van der Waals surface area contributed by atoms with E-state index >= 15 is 0 Å². The van der Waals surface area contributed by atoms with Gasteiger partial charge < -0.3 is 0 Å². The summed E-state index contributed by atoms with van der Waals surface area (Å²) in [6.45, 7) is 6.13. The van der Waals surface area contributed by atoms with Gasteiger partial charge in [0.2, 0.25) is 0 Å². The van der Waals surface area contributed by atoms with Crippen molar-refractivity contribution in [3.8, 4) is 11.3 Å². The Balaban J connectivity index is 2.18. The second-order valence-electron chi connectivity index (χ2n) is 6.29. The van der Waals surface area contributed by atoms with Crippen molar-refractivity contribution in [3.63, 3.8) is 0 Å². The van der Waals surface area contributed by atoms with Crippen LogP contribution in [0.5, 0.6) is 0 Å². The normalized spacial score (nSPS) is 11.7. The van der Waals surface area contributed by atoms with E-state index in [9.17, 15) is 8.42 Å². The molecular weight excluding hydrogens is 346 g/mol. The molecule has 0 spiro atoms. The first kappa shape index (κ1) is 18.2. The molecule has 0 radical (unpaired) electrons. The van der Waals surface area contributed by atoms with Crippen LogP contribution in [0.25, 0.3) is 11.3 Å². The van der Waals surface area contributed by atoms with Crippen LogP contribution >= 0.6 is 0 Å². The number of nitrogens with zero attached hydrogens (tertiary/aromatic N) is 3. The van der Waals surface area contributed by atoms with Crippen LogP contribution in [-0.2, 0) is 10.0 Å². The Hall–Kier alpha value is -2.60. The lowest BCUT2D eigenvalue weighted by Crippen LogP contribution is -2.30. The lowest BCUT2D eigenvalue weighted by Gasteiger charge is -2.22. The van der Waals surface area contributed by atoms with E-state index in [1.165, 1.54) is 4.31 Å². The Morgan fingerprint density at radius 2 is 1.58 bits per heavy atom. The van der Waals surface area contributed by atoms with E-state index in [1.807, 2.05) is 69.3 Å². The Morgan fingerprint density at radius 1 is 1.00 bits per heavy atom. The fraction of sp³-hybridized carbons (Fsp3) is 0.250. The Kier molecular flexibility index (Phi) is 5.13. The van der Waals surface area contributed by atoms with Crippen molar-refractivity contribution in [1.82, 2.24) is 9.78 Å². The summed E-state index contributed by atoms with van der Waals surface area (Å²) in [6, 6.07) is 18.6. The maximum atomic E-state index is 13.5. The summed E-state index contributed by atoms with van der Waals surface area (Å²) in [6.07, 6.45) is 1.63. The molecule has 5 nitrogen and oxygen atoms in total. The molecule has 0 aliphatic rings. The molecule has 0 N–H and O–H groups in total. The number of hydrogen-bond acceptors (Lipinski definition) is 3. The molecule has 26 heavy (non-hydrogen) atoms. The zero-order valence-corrected chi connectivity index (χ0v) is 16.0. The predicted octanol–water partition coefficient (Wildman–Crippen LogP) is 4.35. The van der Waals surface area contributed by atoms with Gasteiger partial charge in [-0.15, -0.1) is 0 Å². The second-order valence-corrected chi connectivity index (χ2v) is 8.12.